The number of aliphatic hydroxyl groups is 1. The van der Waals surface area contributed by atoms with Gasteiger partial charge >= 0.3 is 0 Å². The molecule has 1 atom stereocenters. The predicted octanol–water partition coefficient (Wildman–Crippen LogP) is 0.739. The zero-order valence-corrected chi connectivity index (χ0v) is 7.83. The van der Waals surface area contributed by atoms with Crippen LogP contribution < -0.4 is 11.1 Å². The lowest BCUT2D eigenvalue weighted by molar-refractivity contribution is 0.251. The van der Waals surface area contributed by atoms with Gasteiger partial charge in [-0.2, -0.15) is 0 Å². The third-order valence-electron chi connectivity index (χ3n) is 1.91. The van der Waals surface area contributed by atoms with Crippen LogP contribution >= 0.6 is 0 Å². The van der Waals surface area contributed by atoms with Gasteiger partial charge in [-0.05, 0) is 24.6 Å². The van der Waals surface area contributed by atoms with Gasteiger partial charge in [0, 0.05) is 18.3 Å². The highest BCUT2D eigenvalue weighted by molar-refractivity contribution is 5.39. The van der Waals surface area contributed by atoms with Crippen LogP contribution in [0, 0.1) is 0 Å². The van der Waals surface area contributed by atoms with Gasteiger partial charge in [0.1, 0.15) is 0 Å². The average Bonchev–Trinajstić information content (AvgIpc) is 2.16. The number of aliphatic hydroxyl groups excluding tert-OH is 1. The van der Waals surface area contributed by atoms with Crippen molar-refractivity contribution < 1.29 is 5.11 Å². The summed E-state index contributed by atoms with van der Waals surface area (Å²) in [6.45, 7) is 2.87. The van der Waals surface area contributed by atoms with Gasteiger partial charge in [-0.25, -0.2) is 0 Å². The Labute approximate surface area is 78.6 Å². The Morgan fingerprint density at radius 2 is 2.00 bits per heavy atom. The molecule has 0 amide bonds. The fourth-order valence-corrected chi connectivity index (χ4v) is 0.992. The maximum Gasteiger partial charge on any atom is 0.0582 e. The van der Waals surface area contributed by atoms with Gasteiger partial charge in [-0.15, -0.1) is 0 Å². The van der Waals surface area contributed by atoms with Crippen molar-refractivity contribution in [2.75, 3.05) is 12.3 Å². The van der Waals surface area contributed by atoms with Crippen LogP contribution in [0.4, 0.5) is 5.69 Å². The smallest absolute Gasteiger partial charge is 0.0582 e. The average molecular weight is 180 g/mol. The fourth-order valence-electron chi connectivity index (χ4n) is 0.992. The van der Waals surface area contributed by atoms with Crippen LogP contribution in [0.5, 0.6) is 0 Å². The molecule has 72 valence electrons. The van der Waals surface area contributed by atoms with E-state index in [2.05, 4.69) is 5.32 Å². The summed E-state index contributed by atoms with van der Waals surface area (Å²) >= 11 is 0. The van der Waals surface area contributed by atoms with E-state index in [-0.39, 0.29) is 12.6 Å². The van der Waals surface area contributed by atoms with Gasteiger partial charge in [0.15, 0.2) is 0 Å². The zero-order chi connectivity index (χ0) is 9.68. The number of anilines is 1. The van der Waals surface area contributed by atoms with E-state index in [1.54, 1.807) is 0 Å². The highest BCUT2D eigenvalue weighted by atomic mass is 16.3. The van der Waals surface area contributed by atoms with E-state index in [0.717, 1.165) is 12.2 Å². The standard InChI is InChI=1S/C10H16N2O/c1-8(7-13)12-6-9-2-4-10(11)5-3-9/h2-5,8,12-13H,6-7,11H2,1H3. The van der Waals surface area contributed by atoms with Gasteiger partial charge in [-0.3, -0.25) is 0 Å². The van der Waals surface area contributed by atoms with Crippen LogP contribution in [0.15, 0.2) is 24.3 Å². The minimum atomic E-state index is 0.137. The molecule has 0 aliphatic carbocycles. The van der Waals surface area contributed by atoms with Crippen molar-refractivity contribution in [1.29, 1.82) is 0 Å². The van der Waals surface area contributed by atoms with Crippen LogP contribution in [0.1, 0.15) is 12.5 Å². The van der Waals surface area contributed by atoms with E-state index in [0.29, 0.717) is 0 Å². The van der Waals surface area contributed by atoms with Crippen LogP contribution in [-0.4, -0.2) is 17.8 Å². The van der Waals surface area contributed by atoms with Crippen molar-refractivity contribution in [2.45, 2.75) is 19.5 Å². The molecule has 1 unspecified atom stereocenters. The molecule has 1 aromatic carbocycles. The maximum absolute atomic E-state index is 8.77. The van der Waals surface area contributed by atoms with Gasteiger partial charge < -0.3 is 16.2 Å². The third kappa shape index (κ3) is 3.44. The Bertz CT molecular complexity index is 246. The van der Waals surface area contributed by atoms with E-state index in [4.69, 9.17) is 10.8 Å². The topological polar surface area (TPSA) is 58.3 Å². The fraction of sp³-hybridized carbons (Fsp3) is 0.400. The Morgan fingerprint density at radius 3 is 2.54 bits per heavy atom. The van der Waals surface area contributed by atoms with E-state index in [9.17, 15) is 0 Å². The molecule has 0 aromatic heterocycles. The molecule has 0 aliphatic rings. The maximum atomic E-state index is 8.77. The third-order valence-corrected chi connectivity index (χ3v) is 1.91. The van der Waals surface area contributed by atoms with E-state index in [1.165, 1.54) is 5.56 Å². The molecule has 1 rings (SSSR count). The van der Waals surface area contributed by atoms with Crippen molar-refractivity contribution in [3.8, 4) is 0 Å². The summed E-state index contributed by atoms with van der Waals surface area (Å²) in [4.78, 5) is 0. The van der Waals surface area contributed by atoms with Crippen LogP contribution in [0.2, 0.25) is 0 Å². The normalized spacial score (nSPS) is 12.8. The summed E-state index contributed by atoms with van der Waals surface area (Å²) in [5, 5.41) is 12.0. The largest absolute Gasteiger partial charge is 0.399 e. The molecule has 0 spiro atoms. The van der Waals surface area contributed by atoms with Crippen molar-refractivity contribution in [2.24, 2.45) is 0 Å². The van der Waals surface area contributed by atoms with Crippen molar-refractivity contribution in [3.05, 3.63) is 29.8 Å². The van der Waals surface area contributed by atoms with Crippen LogP contribution in [0.25, 0.3) is 0 Å². The molecule has 0 radical (unpaired) electrons. The lowest BCUT2D eigenvalue weighted by Crippen LogP contribution is -2.28. The van der Waals surface area contributed by atoms with Crippen molar-refractivity contribution in [1.82, 2.24) is 5.32 Å². The highest BCUT2D eigenvalue weighted by Gasteiger charge is 1.98. The zero-order valence-electron chi connectivity index (χ0n) is 7.83. The molecule has 0 saturated heterocycles. The number of nitrogens with one attached hydrogen (secondary N) is 1. The van der Waals surface area contributed by atoms with E-state index >= 15 is 0 Å². The Kier molecular flexibility index (Phi) is 3.73. The monoisotopic (exact) mass is 180 g/mol. The Morgan fingerprint density at radius 1 is 1.38 bits per heavy atom. The number of nitrogen functional groups attached to an aromatic ring is 1. The Hall–Kier alpha value is -1.06. The summed E-state index contributed by atoms with van der Waals surface area (Å²) in [7, 11) is 0. The molecule has 0 aliphatic heterocycles. The number of hydrogen-bond acceptors (Lipinski definition) is 3. The van der Waals surface area contributed by atoms with Crippen molar-refractivity contribution >= 4 is 5.69 Å². The molecule has 13 heavy (non-hydrogen) atoms. The molecular weight excluding hydrogens is 164 g/mol. The van der Waals surface area contributed by atoms with Gasteiger partial charge in [0.05, 0.1) is 6.61 Å². The summed E-state index contributed by atoms with van der Waals surface area (Å²) < 4.78 is 0. The first-order chi connectivity index (χ1) is 6.22. The summed E-state index contributed by atoms with van der Waals surface area (Å²) in [5.41, 5.74) is 7.50. The quantitative estimate of drug-likeness (QED) is 0.599. The second-order valence-corrected chi connectivity index (χ2v) is 3.21. The second-order valence-electron chi connectivity index (χ2n) is 3.21. The summed E-state index contributed by atoms with van der Waals surface area (Å²) in [6.07, 6.45) is 0. The first-order valence-electron chi connectivity index (χ1n) is 4.41. The highest BCUT2D eigenvalue weighted by Crippen LogP contribution is 2.04. The molecular formula is C10H16N2O. The molecule has 0 saturated carbocycles. The minimum Gasteiger partial charge on any atom is -0.399 e. The molecule has 3 nitrogen and oxygen atoms in total. The molecule has 1 aromatic rings. The van der Waals surface area contributed by atoms with Gasteiger partial charge in [0.25, 0.3) is 0 Å². The Balaban J connectivity index is 2.41. The lowest BCUT2D eigenvalue weighted by Gasteiger charge is -2.10. The molecule has 4 N–H and O–H groups in total. The van der Waals surface area contributed by atoms with Gasteiger partial charge in [-0.1, -0.05) is 12.1 Å². The van der Waals surface area contributed by atoms with Gasteiger partial charge in [0.2, 0.25) is 0 Å². The van der Waals surface area contributed by atoms with Crippen molar-refractivity contribution in [3.63, 3.8) is 0 Å². The van der Waals surface area contributed by atoms with Crippen LogP contribution in [0.3, 0.4) is 0 Å². The summed E-state index contributed by atoms with van der Waals surface area (Å²) in [5.74, 6) is 0. The first kappa shape index (κ1) is 10.0. The SMILES string of the molecule is CC(CO)NCc1ccc(N)cc1. The number of benzene rings is 1. The molecule has 0 bridgehead atoms. The van der Waals surface area contributed by atoms with E-state index < -0.39 is 0 Å². The summed E-state index contributed by atoms with van der Waals surface area (Å²) in [6, 6.07) is 7.85. The van der Waals surface area contributed by atoms with Crippen LogP contribution in [-0.2, 0) is 6.54 Å². The number of rotatable bonds is 4. The lowest BCUT2D eigenvalue weighted by atomic mass is 10.2. The number of nitrogens with two attached hydrogens (primary N) is 1. The first-order valence-corrected chi connectivity index (χ1v) is 4.41. The van der Waals surface area contributed by atoms with E-state index in [1.807, 2.05) is 31.2 Å². The second kappa shape index (κ2) is 4.84. The number of hydrogen-bond donors (Lipinski definition) is 3. The molecule has 3 heteroatoms. The molecule has 0 heterocycles. The predicted molar refractivity (Wildman–Crippen MR) is 54.2 cm³/mol. The molecule has 0 fully saturated rings. The minimum absolute atomic E-state index is 0.137.